The molecule has 34 heavy (non-hydrogen) atoms. The summed E-state index contributed by atoms with van der Waals surface area (Å²) in [6, 6.07) is 14.8. The molecular weight excluding hydrogens is 471 g/mol. The van der Waals surface area contributed by atoms with E-state index in [-0.39, 0.29) is 24.0 Å². The number of amides is 1. The predicted molar refractivity (Wildman–Crippen MR) is 123 cm³/mol. The van der Waals surface area contributed by atoms with Gasteiger partial charge in [0.25, 0.3) is 0 Å². The van der Waals surface area contributed by atoms with Crippen LogP contribution in [-0.4, -0.2) is 65.8 Å². The second-order valence-electron chi connectivity index (χ2n) is 8.00. The fraction of sp³-hybridized carbons (Fsp3) is 0.391. The van der Waals surface area contributed by atoms with Crippen molar-refractivity contribution in [2.24, 2.45) is 0 Å². The van der Waals surface area contributed by atoms with Crippen LogP contribution in [0.1, 0.15) is 12.8 Å². The maximum atomic E-state index is 12.4. The number of likely N-dealkylation sites (tertiary alicyclic amines) is 1. The average molecular weight is 496 g/mol. The Morgan fingerprint density at radius 1 is 1.06 bits per heavy atom. The molecule has 0 aliphatic carbocycles. The molecule has 1 amide bonds. The summed E-state index contributed by atoms with van der Waals surface area (Å²) >= 11 is 5.45. The first-order chi connectivity index (χ1) is 16.3. The van der Waals surface area contributed by atoms with Crippen LogP contribution in [0.15, 0.2) is 54.6 Å². The number of nitrogens with one attached hydrogen (secondary N) is 1. The van der Waals surface area contributed by atoms with Crippen LogP contribution in [0.3, 0.4) is 0 Å². The second-order valence-corrected chi connectivity index (χ2v) is 8.39. The molecule has 2 fully saturated rings. The number of cyclic esters (lactones) is 1. The van der Waals surface area contributed by atoms with Crippen molar-refractivity contribution >= 4 is 29.1 Å². The van der Waals surface area contributed by atoms with Crippen molar-refractivity contribution in [3.8, 4) is 11.5 Å². The Kier molecular flexibility index (Phi) is 7.30. The first-order valence-electron chi connectivity index (χ1n) is 10.8. The van der Waals surface area contributed by atoms with Gasteiger partial charge in [0.05, 0.1) is 6.54 Å². The second kappa shape index (κ2) is 10.4. The van der Waals surface area contributed by atoms with E-state index < -0.39 is 6.36 Å². The van der Waals surface area contributed by atoms with Crippen LogP contribution in [0.5, 0.6) is 11.5 Å². The van der Waals surface area contributed by atoms with Crippen LogP contribution < -0.4 is 14.8 Å². The summed E-state index contributed by atoms with van der Waals surface area (Å²) in [6.07, 6.45) is -3.94. The molecule has 11 heteroatoms. The van der Waals surface area contributed by atoms with E-state index in [1.54, 1.807) is 4.90 Å². The molecule has 7 nitrogen and oxygen atoms in total. The third-order valence-corrected chi connectivity index (χ3v) is 5.97. The Hall–Kier alpha value is -3.21. The molecule has 2 heterocycles. The number of anilines is 1. The van der Waals surface area contributed by atoms with Crippen LogP contribution in [0.2, 0.25) is 0 Å². The zero-order valence-corrected chi connectivity index (χ0v) is 19.0. The molecular formula is C23H24F3N3O4S. The molecule has 0 radical (unpaired) electrons. The van der Waals surface area contributed by atoms with Gasteiger partial charge in [-0.2, -0.15) is 0 Å². The largest absolute Gasteiger partial charge is 0.573 e. The van der Waals surface area contributed by atoms with Crippen molar-refractivity contribution in [1.29, 1.82) is 0 Å². The molecule has 1 atom stereocenters. The highest BCUT2D eigenvalue weighted by molar-refractivity contribution is 7.80. The molecule has 0 bridgehead atoms. The molecule has 4 rings (SSSR count). The van der Waals surface area contributed by atoms with Crippen LogP contribution in [0.4, 0.5) is 23.7 Å². The normalized spacial score (nSPS) is 19.0. The number of rotatable bonds is 6. The van der Waals surface area contributed by atoms with Crippen LogP contribution >= 0.6 is 12.2 Å². The SMILES string of the molecule is O=C1OC(COc2ccccc2)CN1C1CCN(C(=S)Nc2ccc(OC(F)(F)F)cc2)CC1. The van der Waals surface area contributed by atoms with Crippen molar-refractivity contribution in [2.45, 2.75) is 31.3 Å². The van der Waals surface area contributed by atoms with E-state index in [1.165, 1.54) is 24.3 Å². The average Bonchev–Trinajstić information content (AvgIpc) is 3.19. The van der Waals surface area contributed by atoms with Crippen molar-refractivity contribution in [2.75, 3.05) is 31.6 Å². The molecule has 1 unspecified atom stereocenters. The maximum Gasteiger partial charge on any atom is 0.573 e. The number of nitrogens with zero attached hydrogens (tertiary/aromatic N) is 2. The summed E-state index contributed by atoms with van der Waals surface area (Å²) in [5.41, 5.74) is 0.561. The van der Waals surface area contributed by atoms with Gasteiger partial charge in [-0.15, -0.1) is 13.2 Å². The Morgan fingerprint density at radius 2 is 1.74 bits per heavy atom. The van der Waals surface area contributed by atoms with Crippen LogP contribution in [0.25, 0.3) is 0 Å². The summed E-state index contributed by atoms with van der Waals surface area (Å²) in [5.74, 6) is 0.434. The number of ether oxygens (including phenoxy) is 3. The lowest BCUT2D eigenvalue weighted by Gasteiger charge is -2.36. The van der Waals surface area contributed by atoms with E-state index in [1.807, 2.05) is 35.2 Å². The first kappa shape index (κ1) is 23.9. The number of hydrogen-bond donors (Lipinski definition) is 1. The van der Waals surface area contributed by atoms with Gasteiger partial charge in [0.2, 0.25) is 0 Å². The van der Waals surface area contributed by atoms with Crippen molar-refractivity contribution in [1.82, 2.24) is 9.80 Å². The Bertz CT molecular complexity index is 983. The lowest BCUT2D eigenvalue weighted by molar-refractivity contribution is -0.274. The first-order valence-corrected chi connectivity index (χ1v) is 11.2. The van der Waals surface area contributed by atoms with E-state index >= 15 is 0 Å². The van der Waals surface area contributed by atoms with Gasteiger partial charge in [0, 0.05) is 24.8 Å². The van der Waals surface area contributed by atoms with Gasteiger partial charge in [-0.3, -0.25) is 0 Å². The highest BCUT2D eigenvalue weighted by Gasteiger charge is 2.38. The molecule has 2 aromatic rings. The summed E-state index contributed by atoms with van der Waals surface area (Å²) in [6.45, 7) is 2.05. The summed E-state index contributed by atoms with van der Waals surface area (Å²) < 4.78 is 51.9. The minimum absolute atomic E-state index is 0.0482. The minimum Gasteiger partial charge on any atom is -0.490 e. The smallest absolute Gasteiger partial charge is 0.490 e. The lowest BCUT2D eigenvalue weighted by atomic mass is 10.0. The topological polar surface area (TPSA) is 63.3 Å². The number of halogens is 3. The highest BCUT2D eigenvalue weighted by atomic mass is 32.1. The third kappa shape index (κ3) is 6.43. The molecule has 0 saturated carbocycles. The summed E-state index contributed by atoms with van der Waals surface area (Å²) in [5, 5.41) is 3.51. The molecule has 2 saturated heterocycles. The number of thiocarbonyl (C=S) groups is 1. The monoisotopic (exact) mass is 495 g/mol. The third-order valence-electron chi connectivity index (χ3n) is 5.61. The Labute approximate surface area is 200 Å². The van der Waals surface area contributed by atoms with Gasteiger partial charge in [0.15, 0.2) is 11.2 Å². The minimum atomic E-state index is -4.73. The van der Waals surface area contributed by atoms with Crippen molar-refractivity contribution < 1.29 is 32.2 Å². The van der Waals surface area contributed by atoms with Crippen LogP contribution in [0, 0.1) is 0 Å². The molecule has 182 valence electrons. The van der Waals surface area contributed by atoms with Gasteiger partial charge in [0.1, 0.15) is 18.1 Å². The maximum absolute atomic E-state index is 12.4. The van der Waals surface area contributed by atoms with E-state index in [0.717, 1.165) is 18.6 Å². The Morgan fingerprint density at radius 3 is 2.38 bits per heavy atom. The zero-order valence-electron chi connectivity index (χ0n) is 18.2. The fourth-order valence-corrected chi connectivity index (χ4v) is 4.26. The number of carbonyl (C=O) groups excluding carboxylic acids is 1. The number of para-hydroxylation sites is 1. The van der Waals surface area contributed by atoms with Gasteiger partial charge >= 0.3 is 12.5 Å². The molecule has 1 N–H and O–H groups in total. The molecule has 0 spiro atoms. The van der Waals surface area contributed by atoms with Crippen molar-refractivity contribution in [3.05, 3.63) is 54.6 Å². The van der Waals surface area contributed by atoms with E-state index in [2.05, 4.69) is 10.1 Å². The summed E-state index contributed by atoms with van der Waals surface area (Å²) in [4.78, 5) is 16.1. The van der Waals surface area contributed by atoms with Crippen molar-refractivity contribution in [3.63, 3.8) is 0 Å². The quantitative estimate of drug-likeness (QED) is 0.586. The van der Waals surface area contributed by atoms with Gasteiger partial charge in [-0.05, 0) is 61.5 Å². The number of alkyl halides is 3. The zero-order chi connectivity index (χ0) is 24.1. The standard InChI is InChI=1S/C23H24F3N3O4S/c24-23(25,26)33-19-8-6-16(7-9-19)27-21(34)28-12-10-17(11-13-28)29-14-20(32-22(29)30)15-31-18-4-2-1-3-5-18/h1-9,17,20H,10-15H2,(H,27,34). The van der Waals surface area contributed by atoms with E-state index in [4.69, 9.17) is 21.7 Å². The Balaban J connectivity index is 1.22. The predicted octanol–water partition coefficient (Wildman–Crippen LogP) is 4.65. The highest BCUT2D eigenvalue weighted by Crippen LogP contribution is 2.26. The van der Waals surface area contributed by atoms with Gasteiger partial charge in [-0.1, -0.05) is 18.2 Å². The number of piperidine rings is 1. The number of hydrogen-bond acceptors (Lipinski definition) is 5. The van der Waals surface area contributed by atoms with Crippen LogP contribution in [-0.2, 0) is 4.74 Å². The van der Waals surface area contributed by atoms with Gasteiger partial charge < -0.3 is 29.3 Å². The molecule has 0 aromatic heterocycles. The fourth-order valence-electron chi connectivity index (χ4n) is 3.96. The van der Waals surface area contributed by atoms with E-state index in [9.17, 15) is 18.0 Å². The molecule has 2 aliphatic heterocycles. The number of benzene rings is 2. The summed E-state index contributed by atoms with van der Waals surface area (Å²) in [7, 11) is 0. The number of carbonyl (C=O) groups is 1. The molecule has 2 aliphatic rings. The van der Waals surface area contributed by atoms with E-state index in [0.29, 0.717) is 37.0 Å². The van der Waals surface area contributed by atoms with Gasteiger partial charge in [-0.25, -0.2) is 4.79 Å². The molecule has 2 aromatic carbocycles. The lowest BCUT2D eigenvalue weighted by Crippen LogP contribution is -2.48.